The van der Waals surface area contributed by atoms with E-state index in [4.69, 9.17) is 4.74 Å². The molecule has 108 valence electrons. The number of ether oxygens (including phenoxy) is 1. The van der Waals surface area contributed by atoms with Crippen molar-refractivity contribution in [1.82, 2.24) is 9.78 Å². The molecule has 0 atom stereocenters. The Morgan fingerprint density at radius 3 is 2.80 bits per heavy atom. The first-order valence-corrected chi connectivity index (χ1v) is 10.5. The molecule has 1 aromatic heterocycles. The standard InChI is InChI=1S/C15H21FN2OSi/c1-5-13-15-12(16)7-6-8-14(15)18(17-13)11-19-9-10-20(2,3)4/h5-8H,1,9-11H2,2-4H3. The molecule has 0 bridgehead atoms. The van der Waals surface area contributed by atoms with Gasteiger partial charge in [-0.15, -0.1) is 0 Å². The third kappa shape index (κ3) is 3.35. The molecule has 2 aromatic rings. The molecule has 0 aliphatic carbocycles. The Morgan fingerprint density at radius 1 is 1.40 bits per heavy atom. The van der Waals surface area contributed by atoms with Gasteiger partial charge in [0.25, 0.3) is 0 Å². The Hall–Kier alpha value is -1.46. The van der Waals surface area contributed by atoms with Crippen LogP contribution in [0.4, 0.5) is 4.39 Å². The van der Waals surface area contributed by atoms with E-state index in [2.05, 4.69) is 31.3 Å². The van der Waals surface area contributed by atoms with Crippen LogP contribution in [-0.2, 0) is 11.5 Å². The minimum atomic E-state index is -1.09. The summed E-state index contributed by atoms with van der Waals surface area (Å²) >= 11 is 0. The van der Waals surface area contributed by atoms with E-state index >= 15 is 0 Å². The van der Waals surface area contributed by atoms with Crippen LogP contribution in [0.15, 0.2) is 24.8 Å². The molecule has 0 amide bonds. The zero-order chi connectivity index (χ0) is 14.8. The summed E-state index contributed by atoms with van der Waals surface area (Å²) in [4.78, 5) is 0. The third-order valence-electron chi connectivity index (χ3n) is 3.16. The molecule has 1 aromatic carbocycles. The molecule has 0 spiro atoms. The van der Waals surface area contributed by atoms with Gasteiger partial charge in [0, 0.05) is 14.7 Å². The Labute approximate surface area is 120 Å². The minimum Gasteiger partial charge on any atom is -0.360 e. The normalized spacial score (nSPS) is 12.0. The van der Waals surface area contributed by atoms with Crippen molar-refractivity contribution in [2.24, 2.45) is 0 Å². The lowest BCUT2D eigenvalue weighted by Crippen LogP contribution is -2.22. The number of hydrogen-bond donors (Lipinski definition) is 0. The fourth-order valence-corrected chi connectivity index (χ4v) is 2.74. The van der Waals surface area contributed by atoms with Crippen molar-refractivity contribution in [3.05, 3.63) is 36.3 Å². The molecule has 0 unspecified atom stereocenters. The number of halogens is 1. The van der Waals surface area contributed by atoms with Crippen LogP contribution in [0.1, 0.15) is 5.69 Å². The Balaban J connectivity index is 2.15. The average molecular weight is 292 g/mol. The van der Waals surface area contributed by atoms with E-state index < -0.39 is 8.07 Å². The number of hydrogen-bond acceptors (Lipinski definition) is 2. The second-order valence-electron chi connectivity index (χ2n) is 6.07. The second-order valence-corrected chi connectivity index (χ2v) is 11.7. The summed E-state index contributed by atoms with van der Waals surface area (Å²) in [6.45, 7) is 11.7. The zero-order valence-corrected chi connectivity index (χ0v) is 13.3. The Bertz CT molecular complexity index is 616. The highest BCUT2D eigenvalue weighted by molar-refractivity contribution is 6.76. The van der Waals surface area contributed by atoms with E-state index in [0.717, 1.165) is 18.2 Å². The number of fused-ring (bicyclic) bond motifs is 1. The van der Waals surface area contributed by atoms with Crippen molar-refractivity contribution < 1.29 is 9.13 Å². The van der Waals surface area contributed by atoms with Crippen LogP contribution in [0.3, 0.4) is 0 Å². The summed E-state index contributed by atoms with van der Waals surface area (Å²) in [7, 11) is -1.09. The highest BCUT2D eigenvalue weighted by atomic mass is 28.3. The van der Waals surface area contributed by atoms with Gasteiger partial charge < -0.3 is 4.74 Å². The number of aromatic nitrogens is 2. The maximum atomic E-state index is 13.9. The number of nitrogens with zero attached hydrogens (tertiary/aromatic N) is 2. The molecule has 5 heteroatoms. The average Bonchev–Trinajstić information content (AvgIpc) is 2.73. The summed E-state index contributed by atoms with van der Waals surface area (Å²) in [5.74, 6) is -0.272. The summed E-state index contributed by atoms with van der Waals surface area (Å²) in [6.07, 6.45) is 1.57. The maximum Gasteiger partial charge on any atom is 0.140 e. The van der Waals surface area contributed by atoms with Crippen molar-refractivity contribution in [3.63, 3.8) is 0 Å². The highest BCUT2D eigenvalue weighted by Crippen LogP contribution is 2.22. The van der Waals surface area contributed by atoms with E-state index in [1.165, 1.54) is 6.07 Å². The number of benzene rings is 1. The van der Waals surface area contributed by atoms with Gasteiger partial charge in [-0.05, 0) is 24.3 Å². The first-order chi connectivity index (χ1) is 9.42. The van der Waals surface area contributed by atoms with Crippen molar-refractivity contribution in [1.29, 1.82) is 0 Å². The van der Waals surface area contributed by atoms with Crippen LogP contribution in [-0.4, -0.2) is 24.5 Å². The van der Waals surface area contributed by atoms with Crippen LogP contribution in [0.25, 0.3) is 17.0 Å². The van der Waals surface area contributed by atoms with Crippen LogP contribution < -0.4 is 0 Å². The molecule has 0 radical (unpaired) electrons. The van der Waals surface area contributed by atoms with Gasteiger partial charge in [-0.2, -0.15) is 5.10 Å². The molecule has 20 heavy (non-hydrogen) atoms. The summed E-state index contributed by atoms with van der Waals surface area (Å²) in [5.41, 5.74) is 1.31. The molecule has 0 fully saturated rings. The van der Waals surface area contributed by atoms with Gasteiger partial charge in [-0.25, -0.2) is 9.07 Å². The zero-order valence-electron chi connectivity index (χ0n) is 12.3. The summed E-state index contributed by atoms with van der Waals surface area (Å²) in [5, 5.41) is 4.86. The monoisotopic (exact) mass is 292 g/mol. The fraction of sp³-hybridized carbons (Fsp3) is 0.400. The lowest BCUT2D eigenvalue weighted by Gasteiger charge is -2.15. The van der Waals surface area contributed by atoms with Gasteiger partial charge >= 0.3 is 0 Å². The SMILES string of the molecule is C=Cc1nn(COCC[Si](C)(C)C)c2cccc(F)c12. The van der Waals surface area contributed by atoms with E-state index in [1.54, 1.807) is 16.8 Å². The molecular formula is C15H21FN2OSi. The van der Waals surface area contributed by atoms with Crippen molar-refractivity contribution in [2.75, 3.05) is 6.61 Å². The van der Waals surface area contributed by atoms with Crippen molar-refractivity contribution in [3.8, 4) is 0 Å². The predicted molar refractivity (Wildman–Crippen MR) is 83.9 cm³/mol. The van der Waals surface area contributed by atoms with Gasteiger partial charge in [0.2, 0.25) is 0 Å². The number of rotatable bonds is 6. The third-order valence-corrected chi connectivity index (χ3v) is 4.86. The van der Waals surface area contributed by atoms with Gasteiger partial charge in [-0.1, -0.05) is 32.3 Å². The highest BCUT2D eigenvalue weighted by Gasteiger charge is 2.14. The molecule has 0 N–H and O–H groups in total. The van der Waals surface area contributed by atoms with Gasteiger partial charge in [-0.3, -0.25) is 0 Å². The molecule has 1 heterocycles. The topological polar surface area (TPSA) is 27.1 Å². The lowest BCUT2D eigenvalue weighted by atomic mass is 10.2. The van der Waals surface area contributed by atoms with E-state index in [9.17, 15) is 4.39 Å². The minimum absolute atomic E-state index is 0.272. The fourth-order valence-electron chi connectivity index (χ4n) is 1.99. The van der Waals surface area contributed by atoms with E-state index in [0.29, 0.717) is 17.8 Å². The van der Waals surface area contributed by atoms with Crippen LogP contribution in [0.5, 0.6) is 0 Å². The van der Waals surface area contributed by atoms with Gasteiger partial charge in [0.1, 0.15) is 12.5 Å². The smallest absolute Gasteiger partial charge is 0.140 e. The lowest BCUT2D eigenvalue weighted by molar-refractivity contribution is 0.0816. The quantitative estimate of drug-likeness (QED) is 0.591. The van der Waals surface area contributed by atoms with Crippen LogP contribution in [0.2, 0.25) is 25.7 Å². The van der Waals surface area contributed by atoms with Crippen LogP contribution in [0, 0.1) is 5.82 Å². The Kier molecular flexibility index (Phi) is 4.40. The van der Waals surface area contributed by atoms with E-state index in [-0.39, 0.29) is 5.82 Å². The summed E-state index contributed by atoms with van der Waals surface area (Å²) in [6, 6.07) is 6.08. The molecule has 0 saturated heterocycles. The van der Waals surface area contributed by atoms with Crippen molar-refractivity contribution in [2.45, 2.75) is 32.4 Å². The molecule has 2 rings (SSSR count). The first-order valence-electron chi connectivity index (χ1n) is 6.77. The predicted octanol–water partition coefficient (Wildman–Crippen LogP) is 4.13. The largest absolute Gasteiger partial charge is 0.360 e. The molecule has 3 nitrogen and oxygen atoms in total. The van der Waals surface area contributed by atoms with E-state index in [1.807, 2.05) is 6.07 Å². The molecular weight excluding hydrogens is 271 g/mol. The molecule has 0 aliphatic rings. The molecule has 0 aliphatic heterocycles. The first kappa shape index (κ1) is 14.9. The summed E-state index contributed by atoms with van der Waals surface area (Å²) < 4.78 is 21.2. The van der Waals surface area contributed by atoms with Crippen molar-refractivity contribution >= 4 is 25.1 Å². The second kappa shape index (κ2) is 5.89. The molecule has 0 saturated carbocycles. The maximum absolute atomic E-state index is 13.9. The van der Waals surface area contributed by atoms with Gasteiger partial charge in [0.05, 0.1) is 16.6 Å². The van der Waals surface area contributed by atoms with Crippen LogP contribution >= 0.6 is 0 Å². The van der Waals surface area contributed by atoms with Gasteiger partial charge in [0.15, 0.2) is 0 Å². The Morgan fingerprint density at radius 2 is 2.15 bits per heavy atom.